The minimum atomic E-state index is -1.07. The lowest BCUT2D eigenvalue weighted by Gasteiger charge is -2.25. The van der Waals surface area contributed by atoms with Gasteiger partial charge in [-0.1, -0.05) is 12.1 Å². The Hall–Kier alpha value is -3.65. The zero-order valence-electron chi connectivity index (χ0n) is 22.5. The molecular weight excluding hydrogens is 589 g/mol. The van der Waals surface area contributed by atoms with E-state index in [1.807, 2.05) is 0 Å². The predicted octanol–water partition coefficient (Wildman–Crippen LogP) is 4.64. The Kier molecular flexibility index (Phi) is 10.8. The van der Waals surface area contributed by atoms with Crippen LogP contribution in [-0.4, -0.2) is 56.8 Å². The van der Waals surface area contributed by atoms with Crippen LogP contribution in [0, 0.1) is 17.5 Å². The molecule has 0 aliphatic carbocycles. The van der Waals surface area contributed by atoms with Gasteiger partial charge in [-0.15, -0.1) is 22.7 Å². The predicted molar refractivity (Wildman–Crippen MR) is 154 cm³/mol. The first-order valence-corrected chi connectivity index (χ1v) is 14.8. The zero-order valence-corrected chi connectivity index (χ0v) is 24.1. The number of nitrogens with one attached hydrogen (secondary N) is 2. The largest absolute Gasteiger partial charge is 0.394 e. The van der Waals surface area contributed by atoms with E-state index >= 15 is 0 Å². The van der Waals surface area contributed by atoms with Crippen LogP contribution in [0.1, 0.15) is 52.3 Å². The number of hydrogen-bond acceptors (Lipinski definition) is 8. The molecule has 42 heavy (non-hydrogen) atoms. The van der Waals surface area contributed by atoms with Crippen molar-refractivity contribution < 1.29 is 33.0 Å². The summed E-state index contributed by atoms with van der Waals surface area (Å²) in [6.07, 6.45) is 2.70. The fraction of sp³-hybridized carbons (Fsp3) is 0.310. The number of aliphatic hydroxyl groups excluding tert-OH is 2. The number of nitrogens with zero attached hydrogens (tertiary/aromatic N) is 2. The summed E-state index contributed by atoms with van der Waals surface area (Å²) in [7, 11) is 0. The molecule has 0 saturated heterocycles. The van der Waals surface area contributed by atoms with Gasteiger partial charge in [0.05, 0.1) is 24.9 Å². The molecule has 4 aromatic rings. The van der Waals surface area contributed by atoms with Crippen molar-refractivity contribution in [3.63, 3.8) is 0 Å². The van der Waals surface area contributed by atoms with E-state index in [-0.39, 0.29) is 40.6 Å². The Balaban J connectivity index is 1.48. The van der Waals surface area contributed by atoms with Crippen molar-refractivity contribution in [2.24, 2.45) is 0 Å². The average Bonchev–Trinajstić information content (AvgIpc) is 3.66. The highest BCUT2D eigenvalue weighted by Crippen LogP contribution is 2.31. The molecule has 2 amide bonds. The van der Waals surface area contributed by atoms with Crippen LogP contribution < -0.4 is 10.6 Å². The highest BCUT2D eigenvalue weighted by molar-refractivity contribution is 7.16. The number of rotatable bonds is 13. The van der Waals surface area contributed by atoms with Crippen molar-refractivity contribution in [3.05, 3.63) is 93.1 Å². The van der Waals surface area contributed by atoms with Gasteiger partial charge in [0, 0.05) is 29.1 Å². The lowest BCUT2D eigenvalue weighted by molar-refractivity contribution is -0.124. The molecule has 4 atom stereocenters. The second-order valence-electron chi connectivity index (χ2n) is 9.74. The molecule has 0 aliphatic heterocycles. The molecule has 2 unspecified atom stereocenters. The van der Waals surface area contributed by atoms with Crippen LogP contribution in [-0.2, 0) is 4.79 Å². The molecule has 2 aromatic carbocycles. The molecule has 2 aromatic heterocycles. The number of carbonyl (C=O) groups is 2. The fourth-order valence-corrected chi connectivity index (χ4v) is 5.93. The van der Waals surface area contributed by atoms with Gasteiger partial charge in [0.2, 0.25) is 5.91 Å². The van der Waals surface area contributed by atoms with Crippen LogP contribution in [0.15, 0.2) is 60.2 Å². The maximum atomic E-state index is 13.7. The zero-order chi connectivity index (χ0) is 30.2. The van der Waals surface area contributed by atoms with Gasteiger partial charge < -0.3 is 20.8 Å². The Bertz CT molecular complexity index is 1460. The summed E-state index contributed by atoms with van der Waals surface area (Å²) in [4.78, 5) is 35.0. The second-order valence-corrected chi connectivity index (χ2v) is 11.7. The number of thiazole rings is 2. The Morgan fingerprint density at radius 3 is 2.31 bits per heavy atom. The van der Waals surface area contributed by atoms with Crippen LogP contribution in [0.5, 0.6) is 0 Å². The number of amides is 2. The molecule has 4 N–H and O–H groups in total. The van der Waals surface area contributed by atoms with Gasteiger partial charge in [0.15, 0.2) is 0 Å². The molecule has 4 rings (SSSR count). The number of aromatic nitrogens is 2. The van der Waals surface area contributed by atoms with Crippen LogP contribution in [0.4, 0.5) is 13.2 Å². The number of benzene rings is 2. The topological polar surface area (TPSA) is 124 Å². The van der Waals surface area contributed by atoms with Crippen molar-refractivity contribution >= 4 is 34.5 Å². The van der Waals surface area contributed by atoms with Crippen LogP contribution >= 0.6 is 22.7 Å². The third-order valence-corrected chi connectivity index (χ3v) is 8.38. The SMILES string of the molecule is CC(O)CC[C@H](NC(=O)c1cnc(-c2cc(F)cc(F)c2)s1)C(=O)N[C@H](CO)CC(c1ccc(F)cc1)c1nccs1. The van der Waals surface area contributed by atoms with E-state index in [1.165, 1.54) is 29.7 Å². The van der Waals surface area contributed by atoms with Gasteiger partial charge in [-0.2, -0.15) is 0 Å². The van der Waals surface area contributed by atoms with E-state index in [1.54, 1.807) is 30.6 Å². The first-order chi connectivity index (χ1) is 20.1. The van der Waals surface area contributed by atoms with Crippen molar-refractivity contribution in [1.29, 1.82) is 0 Å². The van der Waals surface area contributed by atoms with Gasteiger partial charge in [-0.3, -0.25) is 9.59 Å². The Morgan fingerprint density at radius 2 is 1.69 bits per heavy atom. The van der Waals surface area contributed by atoms with Crippen molar-refractivity contribution in [2.45, 2.75) is 50.3 Å². The number of halogens is 3. The molecule has 2 heterocycles. The monoisotopic (exact) mass is 618 g/mol. The molecular formula is C29H29F3N4O4S2. The fourth-order valence-electron chi connectivity index (χ4n) is 4.34. The molecule has 0 aliphatic rings. The van der Waals surface area contributed by atoms with Gasteiger partial charge in [-0.05, 0) is 56.0 Å². The van der Waals surface area contributed by atoms with Crippen LogP contribution in [0.25, 0.3) is 10.6 Å². The first kappa shape index (κ1) is 31.3. The summed E-state index contributed by atoms with van der Waals surface area (Å²) in [5.74, 6) is -3.49. The molecule has 0 saturated carbocycles. The quantitative estimate of drug-likeness (QED) is 0.173. The Morgan fingerprint density at radius 1 is 0.976 bits per heavy atom. The molecule has 0 spiro atoms. The normalized spacial score (nSPS) is 14.1. The lowest BCUT2D eigenvalue weighted by Crippen LogP contribution is -2.51. The minimum Gasteiger partial charge on any atom is -0.394 e. The summed E-state index contributed by atoms with van der Waals surface area (Å²) in [5, 5.41) is 28.2. The van der Waals surface area contributed by atoms with E-state index in [0.29, 0.717) is 0 Å². The van der Waals surface area contributed by atoms with E-state index in [9.17, 15) is 33.0 Å². The van der Waals surface area contributed by atoms with Crippen molar-refractivity contribution in [3.8, 4) is 10.6 Å². The number of aliphatic hydroxyl groups is 2. The molecule has 0 radical (unpaired) electrons. The van der Waals surface area contributed by atoms with Crippen molar-refractivity contribution in [2.75, 3.05) is 6.61 Å². The van der Waals surface area contributed by atoms with Gasteiger partial charge in [-0.25, -0.2) is 23.1 Å². The lowest BCUT2D eigenvalue weighted by atomic mass is 9.92. The molecule has 222 valence electrons. The molecule has 8 nitrogen and oxygen atoms in total. The maximum Gasteiger partial charge on any atom is 0.263 e. The Labute approximate surface area is 248 Å². The highest BCUT2D eigenvalue weighted by atomic mass is 32.1. The maximum absolute atomic E-state index is 13.7. The van der Waals surface area contributed by atoms with E-state index in [4.69, 9.17) is 0 Å². The highest BCUT2D eigenvalue weighted by Gasteiger charge is 2.28. The number of hydrogen-bond donors (Lipinski definition) is 4. The van der Waals surface area contributed by atoms with E-state index < -0.39 is 54.1 Å². The first-order valence-electron chi connectivity index (χ1n) is 13.1. The summed E-state index contributed by atoms with van der Waals surface area (Å²) < 4.78 is 40.9. The van der Waals surface area contributed by atoms with Gasteiger partial charge >= 0.3 is 0 Å². The van der Waals surface area contributed by atoms with Crippen LogP contribution in [0.3, 0.4) is 0 Å². The van der Waals surface area contributed by atoms with Gasteiger partial charge in [0.25, 0.3) is 5.91 Å². The van der Waals surface area contributed by atoms with Crippen molar-refractivity contribution in [1.82, 2.24) is 20.6 Å². The third kappa shape index (κ3) is 8.44. The summed E-state index contributed by atoms with van der Waals surface area (Å²) >= 11 is 2.30. The van der Waals surface area contributed by atoms with Crippen LogP contribution in [0.2, 0.25) is 0 Å². The number of carbonyl (C=O) groups excluding carboxylic acids is 2. The summed E-state index contributed by atoms with van der Waals surface area (Å²) in [6, 6.07) is 7.05. The summed E-state index contributed by atoms with van der Waals surface area (Å²) in [5.41, 5.74) is 0.930. The molecule has 0 fully saturated rings. The van der Waals surface area contributed by atoms with E-state index in [0.717, 1.165) is 40.1 Å². The smallest absolute Gasteiger partial charge is 0.263 e. The summed E-state index contributed by atoms with van der Waals surface area (Å²) in [6.45, 7) is 1.15. The average molecular weight is 619 g/mol. The molecule has 13 heteroatoms. The van der Waals surface area contributed by atoms with E-state index in [2.05, 4.69) is 20.6 Å². The second kappa shape index (κ2) is 14.5. The standard InChI is InChI=1S/C29H29F3N4O4S2/c1-16(38)2-7-24(36-27(40)25-14-34-28(42-25)18-10-20(31)12-21(32)11-18)26(39)35-22(15-37)13-23(29-33-8-9-41-29)17-3-5-19(30)6-4-17/h3-6,8-12,14,16,22-24,37-38H,2,7,13,15H2,1H3,(H,35,39)(H,36,40)/t16?,22-,23?,24-/m0/s1. The molecule has 0 bridgehead atoms. The minimum absolute atomic E-state index is 0.0992. The van der Waals surface area contributed by atoms with Gasteiger partial charge in [0.1, 0.15) is 38.4 Å². The third-order valence-electron chi connectivity index (χ3n) is 6.44.